The van der Waals surface area contributed by atoms with Gasteiger partial charge in [-0.2, -0.15) is 5.10 Å². The molecule has 2 atom stereocenters. The summed E-state index contributed by atoms with van der Waals surface area (Å²) < 4.78 is 10.7. The predicted octanol–water partition coefficient (Wildman–Crippen LogP) is 3.22. The number of aromatic amines is 1. The van der Waals surface area contributed by atoms with Gasteiger partial charge in [-0.25, -0.2) is 0 Å². The van der Waals surface area contributed by atoms with Crippen LogP contribution in [-0.2, 0) is 4.74 Å². The summed E-state index contributed by atoms with van der Waals surface area (Å²) in [5.41, 5.74) is 2.61. The Bertz CT molecular complexity index is 843. The first-order chi connectivity index (χ1) is 12.9. The van der Waals surface area contributed by atoms with Crippen LogP contribution >= 0.6 is 0 Å². The number of hydrogen-bond donors (Lipinski definition) is 1. The highest BCUT2D eigenvalue weighted by Crippen LogP contribution is 2.62. The van der Waals surface area contributed by atoms with Gasteiger partial charge in [0.2, 0.25) is 0 Å². The van der Waals surface area contributed by atoms with Crippen LogP contribution in [0.4, 0.5) is 0 Å². The number of carbonyl (C=O) groups excluding carboxylic acids is 1. The second kappa shape index (κ2) is 6.37. The van der Waals surface area contributed by atoms with Crippen LogP contribution in [0.3, 0.4) is 0 Å². The molecule has 144 valence electrons. The molecule has 6 nitrogen and oxygen atoms in total. The molecule has 2 aliphatic rings. The van der Waals surface area contributed by atoms with E-state index < -0.39 is 0 Å². The number of fused-ring (bicyclic) bond motifs is 1. The lowest BCUT2D eigenvalue weighted by Gasteiger charge is -2.56. The molecular weight excluding hydrogens is 342 g/mol. The van der Waals surface area contributed by atoms with Crippen LogP contribution < -0.4 is 4.74 Å². The van der Waals surface area contributed by atoms with Crippen molar-refractivity contribution in [1.29, 1.82) is 0 Å². The first kappa shape index (κ1) is 18.0. The molecule has 2 fully saturated rings. The number of ether oxygens (including phenoxy) is 2. The lowest BCUT2D eigenvalue weighted by atomic mass is 9.48. The maximum Gasteiger partial charge on any atom is 0.271 e. The molecule has 0 spiro atoms. The fraction of sp³-hybridized carbons (Fsp3) is 0.524. The summed E-state index contributed by atoms with van der Waals surface area (Å²) in [7, 11) is 3.39. The highest BCUT2D eigenvalue weighted by molar-refractivity contribution is 5.93. The van der Waals surface area contributed by atoms with Crippen molar-refractivity contribution in [2.24, 2.45) is 16.7 Å². The Labute approximate surface area is 159 Å². The summed E-state index contributed by atoms with van der Waals surface area (Å²) in [5.74, 6) is 1.30. The van der Waals surface area contributed by atoms with Gasteiger partial charge in [-0.3, -0.25) is 9.89 Å². The minimum absolute atomic E-state index is 0.0166. The molecule has 1 N–H and O–H groups in total. The minimum Gasteiger partial charge on any atom is -0.497 e. The van der Waals surface area contributed by atoms with Gasteiger partial charge < -0.3 is 14.4 Å². The molecule has 27 heavy (non-hydrogen) atoms. The zero-order chi connectivity index (χ0) is 19.2. The predicted molar refractivity (Wildman–Crippen MR) is 103 cm³/mol. The van der Waals surface area contributed by atoms with Gasteiger partial charge in [-0.15, -0.1) is 0 Å². The normalized spacial score (nSPS) is 25.8. The lowest BCUT2D eigenvalue weighted by Crippen LogP contribution is -2.55. The number of aromatic nitrogens is 2. The number of methoxy groups -OCH3 is 2. The molecule has 1 aliphatic heterocycles. The molecule has 1 aromatic heterocycles. The zero-order valence-electron chi connectivity index (χ0n) is 16.4. The number of H-pyrrole nitrogens is 1. The van der Waals surface area contributed by atoms with Crippen molar-refractivity contribution < 1.29 is 14.3 Å². The fourth-order valence-corrected chi connectivity index (χ4v) is 5.27. The van der Waals surface area contributed by atoms with E-state index in [0.717, 1.165) is 36.5 Å². The third kappa shape index (κ3) is 2.92. The molecule has 1 amide bonds. The Hall–Kier alpha value is -2.34. The highest BCUT2D eigenvalue weighted by Gasteiger charge is 2.63. The van der Waals surface area contributed by atoms with E-state index in [9.17, 15) is 4.79 Å². The van der Waals surface area contributed by atoms with Crippen LogP contribution in [0.5, 0.6) is 5.75 Å². The number of nitrogens with zero attached hydrogens (tertiary/aromatic N) is 2. The van der Waals surface area contributed by atoms with Gasteiger partial charge in [-0.05, 0) is 48.1 Å². The number of amides is 1. The van der Waals surface area contributed by atoms with Gasteiger partial charge in [0.25, 0.3) is 5.91 Å². The van der Waals surface area contributed by atoms with E-state index in [4.69, 9.17) is 9.47 Å². The smallest absolute Gasteiger partial charge is 0.271 e. The van der Waals surface area contributed by atoms with Crippen LogP contribution in [0, 0.1) is 16.7 Å². The van der Waals surface area contributed by atoms with E-state index in [1.807, 2.05) is 35.2 Å². The van der Waals surface area contributed by atoms with Crippen molar-refractivity contribution >= 4 is 5.91 Å². The maximum atomic E-state index is 13.1. The van der Waals surface area contributed by atoms with E-state index in [-0.39, 0.29) is 16.7 Å². The van der Waals surface area contributed by atoms with Gasteiger partial charge in [0.1, 0.15) is 11.4 Å². The van der Waals surface area contributed by atoms with Crippen molar-refractivity contribution in [1.82, 2.24) is 15.1 Å². The standard InChI is InChI=1S/C21H27N3O3/c1-20(2)11-21(13-26-3)12-24(10-18(20)21)19(25)17-9-16(22-23-17)14-5-7-15(27-4)8-6-14/h5-9,18H,10-13H2,1-4H3,(H,22,23)/t18-,21-/m1/s1. The molecular formula is C21H27N3O3. The second-order valence-electron chi connectivity index (χ2n) is 8.59. The summed E-state index contributed by atoms with van der Waals surface area (Å²) in [6.45, 7) is 6.83. The monoisotopic (exact) mass is 369 g/mol. The van der Waals surface area contributed by atoms with Gasteiger partial charge in [0.15, 0.2) is 0 Å². The van der Waals surface area contributed by atoms with Crippen LogP contribution in [0.1, 0.15) is 30.8 Å². The number of carbonyl (C=O) groups is 1. The molecule has 0 unspecified atom stereocenters. The number of rotatable bonds is 5. The topological polar surface area (TPSA) is 67.4 Å². The molecule has 2 aromatic rings. The zero-order valence-corrected chi connectivity index (χ0v) is 16.4. The van der Waals surface area contributed by atoms with Crippen LogP contribution in [0.25, 0.3) is 11.3 Å². The second-order valence-corrected chi connectivity index (χ2v) is 8.59. The Balaban J connectivity index is 1.51. The molecule has 0 radical (unpaired) electrons. The van der Waals surface area contributed by atoms with Crippen molar-refractivity contribution in [3.63, 3.8) is 0 Å². The number of nitrogens with one attached hydrogen (secondary N) is 1. The number of hydrogen-bond acceptors (Lipinski definition) is 4. The molecule has 1 aromatic carbocycles. The molecule has 0 bridgehead atoms. The third-order valence-corrected chi connectivity index (χ3v) is 6.31. The summed E-state index contributed by atoms with van der Waals surface area (Å²) in [6, 6.07) is 9.49. The van der Waals surface area contributed by atoms with Gasteiger partial charge >= 0.3 is 0 Å². The number of likely N-dealkylation sites (tertiary alicyclic amines) is 1. The quantitative estimate of drug-likeness (QED) is 0.879. The van der Waals surface area contributed by atoms with Gasteiger partial charge in [-0.1, -0.05) is 13.8 Å². The van der Waals surface area contributed by atoms with Crippen molar-refractivity contribution in [2.45, 2.75) is 20.3 Å². The lowest BCUT2D eigenvalue weighted by molar-refractivity contribution is -0.107. The van der Waals surface area contributed by atoms with Crippen molar-refractivity contribution in [3.8, 4) is 17.0 Å². The van der Waals surface area contributed by atoms with Gasteiger partial charge in [0.05, 0.1) is 19.4 Å². The Morgan fingerprint density at radius 2 is 2.04 bits per heavy atom. The molecule has 4 rings (SSSR count). The average molecular weight is 369 g/mol. The van der Waals surface area contributed by atoms with E-state index in [1.54, 1.807) is 14.2 Å². The minimum atomic E-state index is 0.0166. The van der Waals surface area contributed by atoms with E-state index in [0.29, 0.717) is 18.2 Å². The first-order valence-electron chi connectivity index (χ1n) is 9.37. The van der Waals surface area contributed by atoms with E-state index >= 15 is 0 Å². The molecule has 6 heteroatoms. The van der Waals surface area contributed by atoms with E-state index in [1.165, 1.54) is 0 Å². The summed E-state index contributed by atoms with van der Waals surface area (Å²) in [4.78, 5) is 15.0. The van der Waals surface area contributed by atoms with E-state index in [2.05, 4.69) is 24.0 Å². The van der Waals surface area contributed by atoms with Crippen LogP contribution in [0.2, 0.25) is 0 Å². The molecule has 1 saturated carbocycles. The highest BCUT2D eigenvalue weighted by atomic mass is 16.5. The Morgan fingerprint density at radius 1 is 1.30 bits per heavy atom. The Morgan fingerprint density at radius 3 is 2.67 bits per heavy atom. The summed E-state index contributed by atoms with van der Waals surface area (Å²) in [5, 5.41) is 7.25. The fourth-order valence-electron chi connectivity index (χ4n) is 5.27. The maximum absolute atomic E-state index is 13.1. The third-order valence-electron chi connectivity index (χ3n) is 6.31. The molecule has 1 aliphatic carbocycles. The molecule has 1 saturated heterocycles. The first-order valence-corrected chi connectivity index (χ1v) is 9.37. The van der Waals surface area contributed by atoms with Crippen molar-refractivity contribution in [3.05, 3.63) is 36.0 Å². The largest absolute Gasteiger partial charge is 0.497 e. The van der Waals surface area contributed by atoms with Crippen LogP contribution in [0.15, 0.2) is 30.3 Å². The number of benzene rings is 1. The SMILES string of the molecule is COC[C@@]12CN(C(=O)c3cc(-c4ccc(OC)cc4)n[nH]3)C[C@@H]1C(C)(C)C2. The Kier molecular flexibility index (Phi) is 4.26. The van der Waals surface area contributed by atoms with Gasteiger partial charge in [0, 0.05) is 31.2 Å². The summed E-state index contributed by atoms with van der Waals surface area (Å²) >= 11 is 0. The van der Waals surface area contributed by atoms with Crippen molar-refractivity contribution in [2.75, 3.05) is 33.9 Å². The summed E-state index contributed by atoms with van der Waals surface area (Å²) in [6.07, 6.45) is 1.10. The average Bonchev–Trinajstić information content (AvgIpc) is 3.25. The van der Waals surface area contributed by atoms with Crippen LogP contribution in [-0.4, -0.2) is 54.9 Å². The molecule has 2 heterocycles.